The Morgan fingerprint density at radius 3 is 2.69 bits per heavy atom. The first-order chi connectivity index (χ1) is 12.4. The Bertz CT molecular complexity index is 638. The Hall–Kier alpha value is -2.15. The number of carboxylic acids is 1. The summed E-state index contributed by atoms with van der Waals surface area (Å²) in [7, 11) is 0. The number of carbonyl (C=O) groups is 2. The number of amides is 1. The van der Waals surface area contributed by atoms with Gasteiger partial charge in [0.25, 0.3) is 0 Å². The zero-order chi connectivity index (χ0) is 19.1. The van der Waals surface area contributed by atoms with Gasteiger partial charge in [-0.05, 0) is 18.9 Å². The topological polar surface area (TPSA) is 70.1 Å². The average Bonchev–Trinajstić information content (AvgIpc) is 2.83. The lowest BCUT2D eigenvalue weighted by atomic mass is 10.0. The van der Waals surface area contributed by atoms with Crippen LogP contribution >= 0.6 is 0 Å². The van der Waals surface area contributed by atoms with Crippen LogP contribution < -0.4 is 4.74 Å². The second-order valence-electron chi connectivity index (χ2n) is 6.52. The maximum absolute atomic E-state index is 13.7. The van der Waals surface area contributed by atoms with Crippen molar-refractivity contribution in [3.05, 3.63) is 29.6 Å². The number of halogens is 1. The van der Waals surface area contributed by atoms with Crippen LogP contribution in [0, 0.1) is 5.82 Å². The van der Waals surface area contributed by atoms with E-state index in [0.717, 1.165) is 12.8 Å². The smallest absolute Gasteiger partial charge is 0.325 e. The Balaban J connectivity index is 2.26. The van der Waals surface area contributed by atoms with Gasteiger partial charge >= 0.3 is 5.97 Å². The van der Waals surface area contributed by atoms with Gasteiger partial charge in [0.05, 0.1) is 6.61 Å². The van der Waals surface area contributed by atoms with Crippen molar-refractivity contribution in [1.82, 2.24) is 9.80 Å². The third kappa shape index (κ3) is 5.17. The number of hydrogen-bond acceptors (Lipinski definition) is 4. The van der Waals surface area contributed by atoms with Crippen LogP contribution in [0.3, 0.4) is 0 Å². The summed E-state index contributed by atoms with van der Waals surface area (Å²) in [5.74, 6) is -1.20. The van der Waals surface area contributed by atoms with Gasteiger partial charge in [-0.15, -0.1) is 0 Å². The third-order valence-electron chi connectivity index (χ3n) is 4.60. The van der Waals surface area contributed by atoms with E-state index in [-0.39, 0.29) is 11.7 Å². The number of benzene rings is 1. The van der Waals surface area contributed by atoms with Crippen molar-refractivity contribution in [2.24, 2.45) is 0 Å². The summed E-state index contributed by atoms with van der Waals surface area (Å²) < 4.78 is 19.4. The van der Waals surface area contributed by atoms with E-state index in [1.807, 2.05) is 11.8 Å². The molecular formula is C19H27FN2O4. The molecule has 1 unspecified atom stereocenters. The molecule has 6 nitrogen and oxygen atoms in total. The summed E-state index contributed by atoms with van der Waals surface area (Å²) in [6.45, 7) is 6.04. The van der Waals surface area contributed by atoms with Gasteiger partial charge in [-0.1, -0.05) is 19.4 Å². The number of hydrogen-bond donors (Lipinski definition) is 1. The van der Waals surface area contributed by atoms with Gasteiger partial charge in [-0.3, -0.25) is 14.5 Å². The number of carboxylic acid groups (broad SMARTS) is 1. The molecule has 1 N–H and O–H groups in total. The first-order valence-corrected chi connectivity index (χ1v) is 9.08. The van der Waals surface area contributed by atoms with Crippen LogP contribution in [0.5, 0.6) is 5.75 Å². The molecule has 0 radical (unpaired) electrons. The van der Waals surface area contributed by atoms with Crippen LogP contribution in [0.1, 0.15) is 44.7 Å². The summed E-state index contributed by atoms with van der Waals surface area (Å²) in [5, 5.41) is 9.84. The molecule has 2 rings (SSSR count). The van der Waals surface area contributed by atoms with Crippen molar-refractivity contribution < 1.29 is 23.8 Å². The van der Waals surface area contributed by atoms with E-state index in [1.54, 1.807) is 4.90 Å². The molecule has 1 atom stereocenters. The zero-order valence-corrected chi connectivity index (χ0v) is 15.4. The number of rotatable bonds is 7. The monoisotopic (exact) mass is 366 g/mol. The molecule has 0 bridgehead atoms. The molecule has 7 heteroatoms. The zero-order valence-electron chi connectivity index (χ0n) is 15.4. The van der Waals surface area contributed by atoms with Crippen LogP contribution in [0.2, 0.25) is 0 Å². The van der Waals surface area contributed by atoms with Crippen LogP contribution in [0.15, 0.2) is 18.2 Å². The Kier molecular flexibility index (Phi) is 7.38. The van der Waals surface area contributed by atoms with Crippen LogP contribution in [-0.2, 0) is 9.59 Å². The molecule has 1 aromatic carbocycles. The number of unbranched alkanes of at least 4 members (excludes halogenated alkanes) is 1. The number of aliphatic carboxylic acids is 1. The molecule has 144 valence electrons. The summed E-state index contributed by atoms with van der Waals surface area (Å²) >= 11 is 0. The standard InChI is InChI=1S/C19H27FN2O4/c1-3-4-12-26-17-13-15(20)6-7-16(17)18(19(24)25)22-9-5-8-21(10-11-22)14(2)23/h6-7,13,18H,3-5,8-12H2,1-2H3,(H,24,25). The molecular weight excluding hydrogens is 339 g/mol. The molecule has 0 saturated carbocycles. The van der Waals surface area contributed by atoms with Gasteiger partial charge in [-0.25, -0.2) is 4.39 Å². The highest BCUT2D eigenvalue weighted by atomic mass is 19.1. The second kappa shape index (κ2) is 9.52. The molecule has 1 heterocycles. The van der Waals surface area contributed by atoms with E-state index in [4.69, 9.17) is 4.74 Å². The van der Waals surface area contributed by atoms with Gasteiger partial charge < -0.3 is 14.7 Å². The summed E-state index contributed by atoms with van der Waals surface area (Å²) in [4.78, 5) is 27.2. The fourth-order valence-electron chi connectivity index (χ4n) is 3.18. The molecule has 1 aliphatic rings. The van der Waals surface area contributed by atoms with Gasteiger partial charge in [0.15, 0.2) is 0 Å². The highest BCUT2D eigenvalue weighted by molar-refractivity contribution is 5.77. The minimum absolute atomic E-state index is 0.0101. The predicted octanol–water partition coefficient (Wildman–Crippen LogP) is 2.68. The van der Waals surface area contributed by atoms with Gasteiger partial charge in [-0.2, -0.15) is 0 Å². The van der Waals surface area contributed by atoms with Gasteiger partial charge in [0.1, 0.15) is 17.6 Å². The van der Waals surface area contributed by atoms with Crippen LogP contribution in [0.25, 0.3) is 0 Å². The highest BCUT2D eigenvalue weighted by Crippen LogP contribution is 2.31. The van der Waals surface area contributed by atoms with Crippen molar-refractivity contribution in [3.8, 4) is 5.75 Å². The van der Waals surface area contributed by atoms with E-state index < -0.39 is 17.8 Å². The Morgan fingerprint density at radius 1 is 1.27 bits per heavy atom. The molecule has 1 aliphatic heterocycles. The van der Waals surface area contributed by atoms with Gasteiger partial charge in [0.2, 0.25) is 5.91 Å². The predicted molar refractivity (Wildman–Crippen MR) is 95.6 cm³/mol. The van der Waals surface area contributed by atoms with E-state index in [9.17, 15) is 19.1 Å². The van der Waals surface area contributed by atoms with Crippen LogP contribution in [0.4, 0.5) is 4.39 Å². The fourth-order valence-corrected chi connectivity index (χ4v) is 3.18. The van der Waals surface area contributed by atoms with Crippen molar-refractivity contribution in [3.63, 3.8) is 0 Å². The minimum Gasteiger partial charge on any atom is -0.493 e. The fraction of sp³-hybridized carbons (Fsp3) is 0.579. The maximum Gasteiger partial charge on any atom is 0.325 e. The Labute approximate surface area is 153 Å². The molecule has 0 aromatic heterocycles. The number of nitrogens with zero attached hydrogens (tertiary/aromatic N) is 2. The number of ether oxygens (including phenoxy) is 1. The van der Waals surface area contributed by atoms with Crippen molar-refractivity contribution in [2.75, 3.05) is 32.8 Å². The molecule has 1 amide bonds. The largest absolute Gasteiger partial charge is 0.493 e. The van der Waals surface area contributed by atoms with Crippen molar-refractivity contribution in [2.45, 2.75) is 39.2 Å². The maximum atomic E-state index is 13.7. The molecule has 0 spiro atoms. The lowest BCUT2D eigenvalue weighted by Crippen LogP contribution is -2.38. The molecule has 1 saturated heterocycles. The minimum atomic E-state index is -1.01. The summed E-state index contributed by atoms with van der Waals surface area (Å²) in [6.07, 6.45) is 2.43. The second-order valence-corrected chi connectivity index (χ2v) is 6.52. The third-order valence-corrected chi connectivity index (χ3v) is 4.60. The lowest BCUT2D eigenvalue weighted by Gasteiger charge is -2.29. The van der Waals surface area contributed by atoms with Gasteiger partial charge in [0, 0.05) is 44.7 Å². The van der Waals surface area contributed by atoms with Crippen LogP contribution in [-0.4, -0.2) is 59.6 Å². The van der Waals surface area contributed by atoms with Crippen molar-refractivity contribution in [1.29, 1.82) is 0 Å². The van der Waals surface area contributed by atoms with Crippen molar-refractivity contribution >= 4 is 11.9 Å². The molecule has 1 fully saturated rings. The first-order valence-electron chi connectivity index (χ1n) is 9.08. The highest BCUT2D eigenvalue weighted by Gasteiger charge is 2.32. The van der Waals surface area contributed by atoms with E-state index in [0.29, 0.717) is 44.8 Å². The van der Waals surface area contributed by atoms with E-state index in [1.165, 1.54) is 25.1 Å². The SMILES string of the molecule is CCCCOc1cc(F)ccc1C(C(=O)O)N1CCCN(C(C)=O)CC1. The molecule has 1 aromatic rings. The average molecular weight is 366 g/mol. The van der Waals surface area contributed by atoms with E-state index in [2.05, 4.69) is 0 Å². The summed E-state index contributed by atoms with van der Waals surface area (Å²) in [6, 6.07) is 3.07. The quantitative estimate of drug-likeness (QED) is 0.752. The number of carbonyl (C=O) groups excluding carboxylic acids is 1. The molecule has 0 aliphatic carbocycles. The summed E-state index contributed by atoms with van der Waals surface area (Å²) in [5.41, 5.74) is 0.450. The normalized spacial score (nSPS) is 16.8. The lowest BCUT2D eigenvalue weighted by molar-refractivity contribution is -0.143. The first kappa shape index (κ1) is 20.2. The molecule has 26 heavy (non-hydrogen) atoms. The Morgan fingerprint density at radius 2 is 2.04 bits per heavy atom. The van der Waals surface area contributed by atoms with E-state index >= 15 is 0 Å².